The maximum absolute atomic E-state index is 13.5. The van der Waals surface area contributed by atoms with Gasteiger partial charge in [-0.1, -0.05) is 24.3 Å². The van der Waals surface area contributed by atoms with Crippen LogP contribution in [0.3, 0.4) is 0 Å². The highest BCUT2D eigenvalue weighted by atomic mass is 32.2. The zero-order chi connectivity index (χ0) is 25.6. The summed E-state index contributed by atoms with van der Waals surface area (Å²) in [5.74, 6) is -0.559. The molecule has 0 aliphatic carbocycles. The number of anilines is 2. The third-order valence-electron chi connectivity index (χ3n) is 7.00. The number of benzene rings is 3. The van der Waals surface area contributed by atoms with Crippen molar-refractivity contribution in [2.24, 2.45) is 0 Å². The van der Waals surface area contributed by atoms with Crippen LogP contribution in [0.15, 0.2) is 76.5 Å². The van der Waals surface area contributed by atoms with Crippen LogP contribution in [-0.2, 0) is 9.84 Å². The molecule has 7 nitrogen and oxygen atoms in total. The van der Waals surface area contributed by atoms with Gasteiger partial charge < -0.3 is 14.7 Å². The summed E-state index contributed by atoms with van der Waals surface area (Å²) >= 11 is 0. The van der Waals surface area contributed by atoms with E-state index in [1.165, 1.54) is 28.7 Å². The van der Waals surface area contributed by atoms with E-state index in [2.05, 4.69) is 36.9 Å². The lowest BCUT2D eigenvalue weighted by molar-refractivity contribution is 0.0726. The molecule has 3 aromatic carbocycles. The second-order valence-electron chi connectivity index (χ2n) is 9.36. The van der Waals surface area contributed by atoms with Gasteiger partial charge >= 0.3 is 0 Å². The van der Waals surface area contributed by atoms with Gasteiger partial charge in [0, 0.05) is 43.5 Å². The monoisotopic (exact) mass is 503 g/mol. The molecule has 0 unspecified atom stereocenters. The molecule has 0 aromatic heterocycles. The van der Waals surface area contributed by atoms with E-state index in [0.29, 0.717) is 25.2 Å². The minimum Gasteiger partial charge on any atom is -0.365 e. The lowest BCUT2D eigenvalue weighted by Crippen LogP contribution is -2.53. The van der Waals surface area contributed by atoms with E-state index in [4.69, 9.17) is 0 Å². The van der Waals surface area contributed by atoms with E-state index in [1.54, 1.807) is 36.1 Å². The Morgan fingerprint density at radius 2 is 1.75 bits per heavy atom. The number of carbonyl (C=O) groups is 2. The zero-order valence-corrected chi connectivity index (χ0v) is 21.5. The van der Waals surface area contributed by atoms with E-state index < -0.39 is 9.84 Å². The summed E-state index contributed by atoms with van der Waals surface area (Å²) in [6, 6.07) is 19.3. The second-order valence-corrected chi connectivity index (χ2v) is 11.3. The summed E-state index contributed by atoms with van der Waals surface area (Å²) in [6.07, 6.45) is 0. The molecule has 0 saturated carbocycles. The van der Waals surface area contributed by atoms with Crippen LogP contribution < -0.4 is 9.80 Å². The number of sulfone groups is 1. The number of amides is 2. The highest BCUT2D eigenvalue weighted by molar-refractivity contribution is 7.91. The quantitative estimate of drug-likeness (QED) is 0.536. The number of piperazine rings is 1. The van der Waals surface area contributed by atoms with Crippen LogP contribution >= 0.6 is 0 Å². The average Bonchev–Trinajstić information content (AvgIpc) is 2.94. The fraction of sp³-hybridized carbons (Fsp3) is 0.286. The van der Waals surface area contributed by atoms with Crippen LogP contribution in [0.5, 0.6) is 0 Å². The van der Waals surface area contributed by atoms with Crippen LogP contribution in [0.2, 0.25) is 0 Å². The van der Waals surface area contributed by atoms with Crippen LogP contribution in [0.4, 0.5) is 11.4 Å². The third-order valence-corrected chi connectivity index (χ3v) is 8.86. The Morgan fingerprint density at radius 3 is 2.47 bits per heavy atom. The van der Waals surface area contributed by atoms with Crippen LogP contribution in [0.25, 0.3) is 0 Å². The third kappa shape index (κ3) is 3.95. The number of nitrogens with zero attached hydrogens (tertiary/aromatic N) is 3. The molecule has 2 heterocycles. The predicted molar refractivity (Wildman–Crippen MR) is 140 cm³/mol. The fourth-order valence-electron chi connectivity index (χ4n) is 5.17. The molecular weight excluding hydrogens is 474 g/mol. The van der Waals surface area contributed by atoms with E-state index in [-0.39, 0.29) is 45.4 Å². The SMILES string of the molecule is CCN1C(=O)c2ccccc2S(=O)(=O)c2ccc(C(=O)N3CCN(c4cccc(C)c4)[C@H](C)C3)cc21. The Hall–Kier alpha value is -3.65. The molecule has 0 bridgehead atoms. The average molecular weight is 504 g/mol. The molecule has 8 heteroatoms. The maximum Gasteiger partial charge on any atom is 0.259 e. The van der Waals surface area contributed by atoms with Crippen LogP contribution in [-0.4, -0.2) is 57.4 Å². The van der Waals surface area contributed by atoms with Crippen molar-refractivity contribution < 1.29 is 18.0 Å². The molecule has 0 N–H and O–H groups in total. The standard InChI is InChI=1S/C28H29N3O4S/c1-4-30-24-17-21(12-13-26(24)36(34,35)25-11-6-5-10-23(25)28(30)33)27(32)29-14-15-31(20(3)18-29)22-9-7-8-19(2)16-22/h5-13,16-17,20H,4,14-15,18H2,1-3H3/t20-/m1/s1. The molecular formula is C28H29N3O4S. The minimum absolute atomic E-state index is 0.00706. The molecule has 2 aliphatic rings. The lowest BCUT2D eigenvalue weighted by atomic mass is 10.1. The Morgan fingerprint density at radius 1 is 0.972 bits per heavy atom. The molecule has 5 rings (SSSR count). The Bertz CT molecular complexity index is 1470. The molecule has 3 aromatic rings. The van der Waals surface area contributed by atoms with Crippen molar-refractivity contribution in [3.05, 3.63) is 83.4 Å². The summed E-state index contributed by atoms with van der Waals surface area (Å²) in [5, 5.41) is 0. The first-order chi connectivity index (χ1) is 17.2. The van der Waals surface area contributed by atoms with Crippen molar-refractivity contribution >= 4 is 33.0 Å². The molecule has 1 fully saturated rings. The summed E-state index contributed by atoms with van der Waals surface area (Å²) in [7, 11) is -3.93. The topological polar surface area (TPSA) is 78.0 Å². The predicted octanol–water partition coefficient (Wildman–Crippen LogP) is 4.16. The van der Waals surface area contributed by atoms with Crippen molar-refractivity contribution in [3.63, 3.8) is 0 Å². The number of hydrogen-bond donors (Lipinski definition) is 0. The molecule has 1 atom stereocenters. The maximum atomic E-state index is 13.5. The first kappa shape index (κ1) is 24.1. The van der Waals surface area contributed by atoms with Gasteiger partial charge in [0.25, 0.3) is 11.8 Å². The number of carbonyl (C=O) groups excluding carboxylic acids is 2. The van der Waals surface area contributed by atoms with Gasteiger partial charge in [-0.3, -0.25) is 9.59 Å². The van der Waals surface area contributed by atoms with Crippen LogP contribution in [0.1, 0.15) is 40.1 Å². The highest BCUT2D eigenvalue weighted by Crippen LogP contribution is 2.37. The summed E-state index contributed by atoms with van der Waals surface area (Å²) in [4.78, 5) is 32.4. The first-order valence-electron chi connectivity index (χ1n) is 12.1. The molecule has 2 amide bonds. The molecule has 2 aliphatic heterocycles. The van der Waals surface area contributed by atoms with E-state index in [0.717, 1.165) is 5.69 Å². The summed E-state index contributed by atoms with van der Waals surface area (Å²) in [6.45, 7) is 8.03. The molecule has 186 valence electrons. The number of aryl methyl sites for hydroxylation is 1. The van der Waals surface area contributed by atoms with Gasteiger partial charge in [-0.05, 0) is 68.8 Å². The largest absolute Gasteiger partial charge is 0.365 e. The van der Waals surface area contributed by atoms with Gasteiger partial charge in [-0.2, -0.15) is 0 Å². The number of fused-ring (bicyclic) bond motifs is 2. The lowest BCUT2D eigenvalue weighted by Gasteiger charge is -2.41. The number of hydrogen-bond acceptors (Lipinski definition) is 5. The fourth-order valence-corrected chi connectivity index (χ4v) is 6.80. The van der Waals surface area contributed by atoms with Crippen molar-refractivity contribution in [3.8, 4) is 0 Å². The highest BCUT2D eigenvalue weighted by Gasteiger charge is 2.36. The van der Waals surface area contributed by atoms with Crippen molar-refractivity contribution in [2.75, 3.05) is 36.0 Å². The van der Waals surface area contributed by atoms with Gasteiger partial charge in [0.1, 0.15) is 0 Å². The molecule has 1 saturated heterocycles. The Balaban J connectivity index is 1.46. The second kappa shape index (κ2) is 9.09. The van der Waals surface area contributed by atoms with Crippen molar-refractivity contribution in [1.82, 2.24) is 4.90 Å². The van der Waals surface area contributed by atoms with Gasteiger partial charge in [0.05, 0.1) is 21.0 Å². The van der Waals surface area contributed by atoms with Gasteiger partial charge in [0.15, 0.2) is 0 Å². The van der Waals surface area contributed by atoms with E-state index in [1.807, 2.05) is 6.07 Å². The normalized spacial score (nSPS) is 18.9. The van der Waals surface area contributed by atoms with E-state index in [9.17, 15) is 18.0 Å². The van der Waals surface area contributed by atoms with Crippen molar-refractivity contribution in [2.45, 2.75) is 36.6 Å². The summed E-state index contributed by atoms with van der Waals surface area (Å²) < 4.78 is 26.9. The molecule has 0 spiro atoms. The summed E-state index contributed by atoms with van der Waals surface area (Å²) in [5.41, 5.74) is 3.09. The smallest absolute Gasteiger partial charge is 0.259 e. The minimum atomic E-state index is -3.93. The molecule has 0 radical (unpaired) electrons. The Labute approximate surface area is 211 Å². The van der Waals surface area contributed by atoms with Gasteiger partial charge in [0.2, 0.25) is 9.84 Å². The molecule has 36 heavy (non-hydrogen) atoms. The number of rotatable bonds is 3. The van der Waals surface area contributed by atoms with E-state index >= 15 is 0 Å². The van der Waals surface area contributed by atoms with Gasteiger partial charge in [-0.15, -0.1) is 0 Å². The Kier molecular flexibility index (Phi) is 6.08. The first-order valence-corrected chi connectivity index (χ1v) is 13.6. The van der Waals surface area contributed by atoms with Gasteiger partial charge in [-0.25, -0.2) is 8.42 Å². The zero-order valence-electron chi connectivity index (χ0n) is 20.6. The van der Waals surface area contributed by atoms with Crippen LogP contribution in [0, 0.1) is 6.92 Å². The van der Waals surface area contributed by atoms with Crippen molar-refractivity contribution in [1.29, 1.82) is 0 Å².